The third kappa shape index (κ3) is 2.69. The van der Waals surface area contributed by atoms with Crippen LogP contribution in [0.15, 0.2) is 35.7 Å². The molecule has 3 aromatic rings. The van der Waals surface area contributed by atoms with Crippen LogP contribution in [0, 0.1) is 6.92 Å². The van der Waals surface area contributed by atoms with Gasteiger partial charge in [-0.05, 0) is 24.4 Å². The van der Waals surface area contributed by atoms with E-state index in [1.807, 2.05) is 6.92 Å². The Kier molecular flexibility index (Phi) is 3.61. The summed E-state index contributed by atoms with van der Waals surface area (Å²) in [7, 11) is 0. The maximum Gasteiger partial charge on any atom is 0.0947 e. The molecule has 1 atom stereocenters. The Morgan fingerprint density at radius 3 is 2.89 bits per heavy atom. The number of hydrogen-bond donors (Lipinski definition) is 2. The average Bonchev–Trinajstić information content (AvgIpc) is 3.01. The van der Waals surface area contributed by atoms with Crippen LogP contribution in [0.2, 0.25) is 0 Å². The van der Waals surface area contributed by atoms with Crippen LogP contribution in [0.25, 0.3) is 10.1 Å². The van der Waals surface area contributed by atoms with E-state index in [9.17, 15) is 0 Å². The van der Waals surface area contributed by atoms with Gasteiger partial charge in [-0.2, -0.15) is 0 Å². The van der Waals surface area contributed by atoms with E-state index in [0.717, 1.165) is 17.1 Å². The van der Waals surface area contributed by atoms with Crippen LogP contribution in [-0.4, -0.2) is 4.98 Å². The predicted molar refractivity (Wildman–Crippen MR) is 82.4 cm³/mol. The van der Waals surface area contributed by atoms with Crippen LogP contribution in [0.1, 0.15) is 21.6 Å². The van der Waals surface area contributed by atoms with E-state index in [0.29, 0.717) is 0 Å². The van der Waals surface area contributed by atoms with Crippen molar-refractivity contribution in [2.24, 2.45) is 5.84 Å². The molecule has 2 heterocycles. The van der Waals surface area contributed by atoms with Gasteiger partial charge < -0.3 is 0 Å². The predicted octanol–water partition coefficient (Wildman–Crippen LogP) is 3.41. The number of aryl methyl sites for hydroxylation is 1. The summed E-state index contributed by atoms with van der Waals surface area (Å²) in [5, 5.41) is 4.48. The van der Waals surface area contributed by atoms with Gasteiger partial charge in [0, 0.05) is 27.1 Å². The Morgan fingerprint density at radius 1 is 1.37 bits per heavy atom. The van der Waals surface area contributed by atoms with Crippen molar-refractivity contribution in [1.29, 1.82) is 0 Å². The van der Waals surface area contributed by atoms with E-state index in [-0.39, 0.29) is 6.04 Å². The molecule has 5 heteroatoms. The molecule has 1 unspecified atom stereocenters. The highest BCUT2D eigenvalue weighted by molar-refractivity contribution is 7.19. The minimum atomic E-state index is 0.128. The first kappa shape index (κ1) is 12.7. The molecule has 2 aromatic heterocycles. The smallest absolute Gasteiger partial charge is 0.0947 e. The molecule has 0 saturated heterocycles. The third-order valence-corrected chi connectivity index (χ3v) is 5.25. The lowest BCUT2D eigenvalue weighted by Crippen LogP contribution is -2.28. The number of fused-ring (bicyclic) bond motifs is 1. The molecule has 3 nitrogen and oxygen atoms in total. The van der Waals surface area contributed by atoms with Crippen LogP contribution < -0.4 is 11.3 Å². The first-order valence-electron chi connectivity index (χ1n) is 6.12. The maximum absolute atomic E-state index is 5.71. The molecule has 19 heavy (non-hydrogen) atoms. The SMILES string of the molecule is Cc1csc(CC(NN)c2cc3ccccc3s2)n1. The Bertz CT molecular complexity index is 654. The van der Waals surface area contributed by atoms with Crippen molar-refractivity contribution in [2.75, 3.05) is 0 Å². The summed E-state index contributed by atoms with van der Waals surface area (Å²) >= 11 is 3.48. The highest BCUT2D eigenvalue weighted by atomic mass is 32.1. The van der Waals surface area contributed by atoms with E-state index in [2.05, 4.69) is 46.1 Å². The second-order valence-corrected chi connectivity index (χ2v) is 6.55. The van der Waals surface area contributed by atoms with Crippen LogP contribution >= 0.6 is 22.7 Å². The van der Waals surface area contributed by atoms with Crippen molar-refractivity contribution >= 4 is 32.8 Å². The largest absolute Gasteiger partial charge is 0.271 e. The monoisotopic (exact) mass is 289 g/mol. The van der Waals surface area contributed by atoms with E-state index in [4.69, 9.17) is 5.84 Å². The fraction of sp³-hybridized carbons (Fsp3) is 0.214. The zero-order chi connectivity index (χ0) is 13.2. The number of benzene rings is 1. The number of hydrogen-bond acceptors (Lipinski definition) is 5. The van der Waals surface area contributed by atoms with Crippen molar-refractivity contribution in [3.8, 4) is 0 Å². The van der Waals surface area contributed by atoms with E-state index < -0.39 is 0 Å². The van der Waals surface area contributed by atoms with Gasteiger partial charge in [0.25, 0.3) is 0 Å². The lowest BCUT2D eigenvalue weighted by Gasteiger charge is -2.11. The molecule has 0 bridgehead atoms. The van der Waals surface area contributed by atoms with Crippen molar-refractivity contribution < 1.29 is 0 Å². The van der Waals surface area contributed by atoms with Crippen molar-refractivity contribution in [1.82, 2.24) is 10.4 Å². The molecule has 0 spiro atoms. The maximum atomic E-state index is 5.71. The van der Waals surface area contributed by atoms with E-state index in [1.165, 1.54) is 15.0 Å². The second kappa shape index (κ2) is 5.38. The molecular weight excluding hydrogens is 274 g/mol. The number of nitrogens with one attached hydrogen (secondary N) is 1. The summed E-state index contributed by atoms with van der Waals surface area (Å²) in [4.78, 5) is 5.77. The summed E-state index contributed by atoms with van der Waals surface area (Å²) in [6, 6.07) is 10.8. The molecule has 0 aliphatic carbocycles. The number of aromatic nitrogens is 1. The molecule has 0 radical (unpaired) electrons. The Hall–Kier alpha value is -1.27. The van der Waals surface area contributed by atoms with Gasteiger partial charge in [-0.1, -0.05) is 18.2 Å². The van der Waals surface area contributed by atoms with Crippen molar-refractivity contribution in [3.05, 3.63) is 51.3 Å². The minimum Gasteiger partial charge on any atom is -0.271 e. The van der Waals surface area contributed by atoms with Crippen LogP contribution in [0.4, 0.5) is 0 Å². The molecule has 1 aromatic carbocycles. The fourth-order valence-corrected chi connectivity index (χ4v) is 4.03. The number of nitrogens with two attached hydrogens (primary N) is 1. The topological polar surface area (TPSA) is 50.9 Å². The molecule has 98 valence electrons. The van der Waals surface area contributed by atoms with Gasteiger partial charge in [-0.3, -0.25) is 11.3 Å². The highest BCUT2D eigenvalue weighted by Crippen LogP contribution is 2.31. The number of hydrazine groups is 1. The number of thiophene rings is 1. The number of nitrogens with zero attached hydrogens (tertiary/aromatic N) is 1. The van der Waals surface area contributed by atoms with Crippen LogP contribution in [-0.2, 0) is 6.42 Å². The molecule has 0 fully saturated rings. The first-order valence-corrected chi connectivity index (χ1v) is 7.81. The van der Waals surface area contributed by atoms with Gasteiger partial charge in [0.2, 0.25) is 0 Å². The molecule has 0 saturated carbocycles. The van der Waals surface area contributed by atoms with Crippen LogP contribution in [0.5, 0.6) is 0 Å². The summed E-state index contributed by atoms with van der Waals surface area (Å²) in [6.07, 6.45) is 0.835. The Balaban J connectivity index is 1.88. The lowest BCUT2D eigenvalue weighted by molar-refractivity contribution is 0.559. The van der Waals surface area contributed by atoms with Crippen LogP contribution in [0.3, 0.4) is 0 Å². The molecule has 0 aliphatic heterocycles. The zero-order valence-corrected chi connectivity index (χ0v) is 12.2. The number of thiazole rings is 1. The van der Waals surface area contributed by atoms with Crippen molar-refractivity contribution in [2.45, 2.75) is 19.4 Å². The average molecular weight is 289 g/mol. The zero-order valence-electron chi connectivity index (χ0n) is 10.6. The number of rotatable bonds is 4. The highest BCUT2D eigenvalue weighted by Gasteiger charge is 2.15. The molecule has 0 amide bonds. The van der Waals surface area contributed by atoms with Gasteiger partial charge in [-0.25, -0.2) is 4.98 Å². The normalized spacial score (nSPS) is 12.9. The summed E-state index contributed by atoms with van der Waals surface area (Å²) in [5.74, 6) is 5.71. The quantitative estimate of drug-likeness (QED) is 0.571. The van der Waals surface area contributed by atoms with Gasteiger partial charge >= 0.3 is 0 Å². The summed E-state index contributed by atoms with van der Waals surface area (Å²) < 4.78 is 1.30. The molecular formula is C14H15N3S2. The van der Waals surface area contributed by atoms with Gasteiger partial charge in [0.05, 0.1) is 11.0 Å². The standard InChI is InChI=1S/C14H15N3S2/c1-9-8-18-14(16-9)7-11(17-15)13-6-10-4-2-3-5-12(10)19-13/h2-6,8,11,17H,7,15H2,1H3. The van der Waals surface area contributed by atoms with E-state index in [1.54, 1.807) is 22.7 Å². The molecule has 3 rings (SSSR count). The summed E-state index contributed by atoms with van der Waals surface area (Å²) in [6.45, 7) is 2.02. The first-order chi connectivity index (χ1) is 9.26. The van der Waals surface area contributed by atoms with Crippen molar-refractivity contribution in [3.63, 3.8) is 0 Å². The fourth-order valence-electron chi connectivity index (χ4n) is 2.09. The Labute approximate surface area is 120 Å². The molecule has 0 aliphatic rings. The lowest BCUT2D eigenvalue weighted by atomic mass is 10.1. The second-order valence-electron chi connectivity index (χ2n) is 4.49. The summed E-state index contributed by atoms with van der Waals surface area (Å²) in [5.41, 5.74) is 3.99. The van der Waals surface area contributed by atoms with Gasteiger partial charge in [0.1, 0.15) is 0 Å². The minimum absolute atomic E-state index is 0.128. The van der Waals surface area contributed by atoms with Gasteiger partial charge in [-0.15, -0.1) is 22.7 Å². The molecule has 3 N–H and O–H groups in total. The van der Waals surface area contributed by atoms with E-state index >= 15 is 0 Å². The third-order valence-electron chi connectivity index (χ3n) is 3.03. The Morgan fingerprint density at radius 2 is 2.21 bits per heavy atom. The van der Waals surface area contributed by atoms with Gasteiger partial charge in [0.15, 0.2) is 0 Å².